The van der Waals surface area contributed by atoms with Gasteiger partial charge in [-0.15, -0.1) is 0 Å². The summed E-state index contributed by atoms with van der Waals surface area (Å²) in [5.74, 6) is -1.42. The topological polar surface area (TPSA) is 82.1 Å². The summed E-state index contributed by atoms with van der Waals surface area (Å²) in [5.41, 5.74) is 0.233. The summed E-state index contributed by atoms with van der Waals surface area (Å²) >= 11 is 0. The van der Waals surface area contributed by atoms with Gasteiger partial charge in [0.2, 0.25) is 0 Å². The van der Waals surface area contributed by atoms with Crippen molar-refractivity contribution in [2.24, 2.45) is 0 Å². The average molecular weight is 332 g/mol. The third-order valence-electron chi connectivity index (χ3n) is 2.49. The van der Waals surface area contributed by atoms with Crippen LogP contribution in [0.3, 0.4) is 0 Å². The molecule has 2 aromatic carbocycles. The van der Waals surface area contributed by atoms with Crippen molar-refractivity contribution >= 4 is 11.9 Å². The molecule has 0 saturated carbocycles. The minimum Gasteiger partial charge on any atom is -0.251 e. The molecule has 0 aliphatic heterocycles. The Kier molecular flexibility index (Phi) is 7.61. The maximum atomic E-state index is 11.5. The predicted octanol–water partition coefficient (Wildman–Crippen LogP) is 3.89. The number of carbonyl (C=O) groups excluding carboxylic acids is 2. The lowest BCUT2D eigenvalue weighted by Gasteiger charge is -2.10. The highest BCUT2D eigenvalue weighted by molar-refractivity contribution is 5.92. The highest BCUT2D eigenvalue weighted by atomic mass is 17.2. The first-order chi connectivity index (χ1) is 11.3. The van der Waals surface area contributed by atoms with Crippen molar-refractivity contribution in [3.8, 4) is 0 Å². The fourth-order valence-electron chi connectivity index (χ4n) is 1.32. The van der Waals surface area contributed by atoms with Crippen LogP contribution in [0.4, 0.5) is 0 Å². The lowest BCUT2D eigenvalue weighted by atomic mass is 10.2. The van der Waals surface area contributed by atoms with E-state index in [0.717, 1.165) is 0 Å². The van der Waals surface area contributed by atoms with Crippen LogP contribution in [0.25, 0.3) is 0 Å². The van der Waals surface area contributed by atoms with Gasteiger partial charge in [-0.3, -0.25) is 5.26 Å². The molecular formula is C18H20O6. The second kappa shape index (κ2) is 9.44. The van der Waals surface area contributed by atoms with Gasteiger partial charge >= 0.3 is 11.9 Å². The normalized spacial score (nSPS) is 10.2. The third kappa shape index (κ3) is 7.53. The highest BCUT2D eigenvalue weighted by Crippen LogP contribution is 2.05. The van der Waals surface area contributed by atoms with Gasteiger partial charge in [0.15, 0.2) is 0 Å². The molecule has 0 fully saturated rings. The van der Waals surface area contributed by atoms with E-state index in [1.165, 1.54) is 0 Å². The zero-order valence-electron chi connectivity index (χ0n) is 13.8. The molecule has 0 atom stereocenters. The predicted molar refractivity (Wildman–Crippen MR) is 87.2 cm³/mol. The van der Waals surface area contributed by atoms with Gasteiger partial charge in [0, 0.05) is 0 Å². The van der Waals surface area contributed by atoms with Gasteiger partial charge in [-0.2, -0.15) is 0 Å². The molecule has 0 saturated heterocycles. The van der Waals surface area contributed by atoms with Gasteiger partial charge in [-0.05, 0) is 45.0 Å². The fourth-order valence-corrected chi connectivity index (χ4v) is 1.32. The van der Waals surface area contributed by atoms with Crippen LogP contribution in [0, 0.1) is 0 Å². The van der Waals surface area contributed by atoms with E-state index in [4.69, 9.17) is 5.26 Å². The molecule has 0 spiro atoms. The van der Waals surface area contributed by atoms with E-state index in [1.807, 2.05) is 0 Å². The zero-order chi connectivity index (χ0) is 18.0. The van der Waals surface area contributed by atoms with Crippen LogP contribution >= 0.6 is 0 Å². The molecular weight excluding hydrogens is 312 g/mol. The quantitative estimate of drug-likeness (QED) is 0.663. The first-order valence-corrected chi connectivity index (χ1v) is 7.19. The van der Waals surface area contributed by atoms with Crippen LogP contribution in [-0.4, -0.2) is 22.8 Å². The number of hydrogen-bond donors (Lipinski definition) is 1. The van der Waals surface area contributed by atoms with Gasteiger partial charge in [0.05, 0.1) is 16.7 Å². The summed E-state index contributed by atoms with van der Waals surface area (Å²) in [5, 5.41) is 7.90. The summed E-state index contributed by atoms with van der Waals surface area (Å²) < 4.78 is 0. The number of carbonyl (C=O) groups is 2. The molecule has 0 aromatic heterocycles. The lowest BCUT2D eigenvalue weighted by Crippen LogP contribution is -2.15. The number of benzene rings is 2. The van der Waals surface area contributed by atoms with Gasteiger partial charge in [0.25, 0.3) is 0 Å². The second-order valence-electron chi connectivity index (χ2n) is 5.68. The minimum absolute atomic E-state index is 0.318. The van der Waals surface area contributed by atoms with E-state index in [1.54, 1.807) is 81.4 Å². The Labute approximate surface area is 140 Å². The third-order valence-corrected chi connectivity index (χ3v) is 2.49. The maximum absolute atomic E-state index is 11.5. The van der Waals surface area contributed by atoms with E-state index in [2.05, 4.69) is 14.7 Å². The standard InChI is InChI=1S/C14H10O4.C4H10O2/c15-13(11-7-3-1-4-8-11)17-18-14(16)12-9-5-2-6-10-12;1-4(2,3)6-5/h1-10H;5H,1-3H3. The molecule has 0 unspecified atom stereocenters. The molecule has 2 rings (SSSR count). The van der Waals surface area contributed by atoms with E-state index in [9.17, 15) is 9.59 Å². The molecule has 0 aliphatic carbocycles. The first-order valence-electron chi connectivity index (χ1n) is 7.19. The zero-order valence-corrected chi connectivity index (χ0v) is 13.8. The van der Waals surface area contributed by atoms with Gasteiger partial charge in [-0.1, -0.05) is 36.4 Å². The van der Waals surface area contributed by atoms with Crippen LogP contribution in [0.2, 0.25) is 0 Å². The maximum Gasteiger partial charge on any atom is 0.386 e. The van der Waals surface area contributed by atoms with Crippen LogP contribution in [0.1, 0.15) is 41.5 Å². The number of rotatable bonds is 2. The molecule has 6 heteroatoms. The fraction of sp³-hybridized carbons (Fsp3) is 0.222. The smallest absolute Gasteiger partial charge is 0.251 e. The summed E-state index contributed by atoms with van der Waals surface area (Å²) in [6.45, 7) is 5.31. The first kappa shape index (κ1) is 19.3. The van der Waals surface area contributed by atoms with Crippen LogP contribution in [0.15, 0.2) is 60.7 Å². The molecule has 0 amide bonds. The highest BCUT2D eigenvalue weighted by Gasteiger charge is 2.13. The number of hydrogen-bond acceptors (Lipinski definition) is 6. The summed E-state index contributed by atoms with van der Waals surface area (Å²) in [7, 11) is 0. The molecule has 0 radical (unpaired) electrons. The molecule has 128 valence electrons. The Bertz CT molecular complexity index is 580. The molecule has 24 heavy (non-hydrogen) atoms. The van der Waals surface area contributed by atoms with Crippen molar-refractivity contribution in [2.75, 3.05) is 0 Å². The van der Waals surface area contributed by atoms with Crippen molar-refractivity contribution in [1.29, 1.82) is 0 Å². The van der Waals surface area contributed by atoms with Crippen molar-refractivity contribution in [2.45, 2.75) is 26.4 Å². The Balaban J connectivity index is 0.000000413. The van der Waals surface area contributed by atoms with E-state index in [-0.39, 0.29) is 0 Å². The Hall–Kier alpha value is -2.70. The Morgan fingerprint density at radius 2 is 1.04 bits per heavy atom. The van der Waals surface area contributed by atoms with Crippen LogP contribution in [-0.2, 0) is 14.7 Å². The molecule has 2 aromatic rings. The summed E-state index contributed by atoms with van der Waals surface area (Å²) in [6.07, 6.45) is 0. The Morgan fingerprint density at radius 3 is 1.29 bits per heavy atom. The average Bonchev–Trinajstić information content (AvgIpc) is 2.60. The van der Waals surface area contributed by atoms with Gasteiger partial charge in [0.1, 0.15) is 0 Å². The second-order valence-corrected chi connectivity index (χ2v) is 5.68. The molecule has 0 aliphatic rings. The largest absolute Gasteiger partial charge is 0.386 e. The van der Waals surface area contributed by atoms with Crippen molar-refractivity contribution in [3.05, 3.63) is 71.8 Å². The molecule has 6 nitrogen and oxygen atoms in total. The SMILES string of the molecule is CC(C)(C)OO.O=C(OOC(=O)c1ccccc1)c1ccccc1. The van der Waals surface area contributed by atoms with E-state index >= 15 is 0 Å². The molecule has 0 bridgehead atoms. The summed E-state index contributed by atoms with van der Waals surface area (Å²) in [4.78, 5) is 35.8. The van der Waals surface area contributed by atoms with E-state index in [0.29, 0.717) is 11.1 Å². The summed E-state index contributed by atoms with van der Waals surface area (Å²) in [6, 6.07) is 16.6. The molecule has 0 heterocycles. The van der Waals surface area contributed by atoms with Gasteiger partial charge in [-0.25, -0.2) is 24.3 Å². The molecule has 1 N–H and O–H groups in total. The van der Waals surface area contributed by atoms with Crippen molar-refractivity contribution in [1.82, 2.24) is 0 Å². The van der Waals surface area contributed by atoms with E-state index < -0.39 is 17.5 Å². The Morgan fingerprint density at radius 1 is 0.750 bits per heavy atom. The minimum atomic E-state index is -0.708. The lowest BCUT2D eigenvalue weighted by molar-refractivity contribution is -0.306. The van der Waals surface area contributed by atoms with Crippen LogP contribution in [0.5, 0.6) is 0 Å². The van der Waals surface area contributed by atoms with Gasteiger partial charge < -0.3 is 0 Å². The van der Waals surface area contributed by atoms with Crippen molar-refractivity contribution < 1.29 is 29.5 Å². The monoisotopic (exact) mass is 332 g/mol. The van der Waals surface area contributed by atoms with Crippen molar-refractivity contribution in [3.63, 3.8) is 0 Å². The van der Waals surface area contributed by atoms with Crippen LogP contribution < -0.4 is 0 Å².